The summed E-state index contributed by atoms with van der Waals surface area (Å²) in [5.74, 6) is 1.11. The highest BCUT2D eigenvalue weighted by atomic mass is 32.2. The predicted molar refractivity (Wildman–Crippen MR) is 98.7 cm³/mol. The fourth-order valence-corrected chi connectivity index (χ4v) is 3.95. The molecule has 118 valence electrons. The molecule has 0 radical (unpaired) electrons. The molecule has 0 amide bonds. The Hall–Kier alpha value is -2.44. The second kappa shape index (κ2) is 6.59. The molecule has 0 bridgehead atoms. The van der Waals surface area contributed by atoms with Gasteiger partial charge < -0.3 is 4.98 Å². The van der Waals surface area contributed by atoms with Crippen molar-refractivity contribution in [1.82, 2.24) is 15.0 Å². The number of thioether (sulfide) groups is 1. The zero-order valence-electron chi connectivity index (χ0n) is 12.6. The molecule has 0 saturated carbocycles. The topological polar surface area (TPSA) is 58.6 Å². The summed E-state index contributed by atoms with van der Waals surface area (Å²) in [6.07, 6.45) is 1.76. The van der Waals surface area contributed by atoms with E-state index < -0.39 is 0 Å². The van der Waals surface area contributed by atoms with E-state index in [-0.39, 0.29) is 5.78 Å². The number of thiophene rings is 1. The molecule has 1 N–H and O–H groups in total. The number of aromatic nitrogens is 3. The van der Waals surface area contributed by atoms with E-state index in [1.54, 1.807) is 23.6 Å². The molecule has 0 fully saturated rings. The number of hydrogen-bond donors (Lipinski definition) is 1. The number of carbonyl (C=O) groups is 1. The van der Waals surface area contributed by atoms with Crippen LogP contribution in [0.25, 0.3) is 21.6 Å². The van der Waals surface area contributed by atoms with Gasteiger partial charge in [-0.3, -0.25) is 4.79 Å². The number of rotatable bonds is 5. The van der Waals surface area contributed by atoms with E-state index in [0.29, 0.717) is 17.3 Å². The number of aromatic amines is 1. The van der Waals surface area contributed by atoms with Crippen LogP contribution in [0.15, 0.2) is 65.1 Å². The second-order valence-electron chi connectivity index (χ2n) is 5.14. The summed E-state index contributed by atoms with van der Waals surface area (Å²) >= 11 is 3.06. The first-order valence-electron chi connectivity index (χ1n) is 7.41. The van der Waals surface area contributed by atoms with Gasteiger partial charge in [-0.05, 0) is 29.6 Å². The highest BCUT2D eigenvalue weighted by molar-refractivity contribution is 8.00. The van der Waals surface area contributed by atoms with Crippen LogP contribution in [0.1, 0.15) is 10.5 Å². The van der Waals surface area contributed by atoms with Gasteiger partial charge in [0.05, 0.1) is 21.8 Å². The maximum Gasteiger partial charge on any atom is 0.189 e. The van der Waals surface area contributed by atoms with E-state index in [4.69, 9.17) is 4.98 Å². The molecule has 0 unspecified atom stereocenters. The van der Waals surface area contributed by atoms with Gasteiger partial charge >= 0.3 is 0 Å². The fraction of sp³-hybridized carbons (Fsp3) is 0.0556. The number of hydrogen-bond acceptors (Lipinski definition) is 5. The Kier molecular flexibility index (Phi) is 4.15. The minimum Gasteiger partial charge on any atom is -0.359 e. The average molecular weight is 351 g/mol. The maximum atomic E-state index is 12.2. The average Bonchev–Trinajstić information content (AvgIpc) is 3.32. The van der Waals surface area contributed by atoms with Crippen LogP contribution in [-0.4, -0.2) is 26.5 Å². The van der Waals surface area contributed by atoms with Gasteiger partial charge in [0.25, 0.3) is 0 Å². The normalized spacial score (nSPS) is 11.0. The maximum absolute atomic E-state index is 12.2. The summed E-state index contributed by atoms with van der Waals surface area (Å²) in [6, 6.07) is 15.5. The molecule has 4 nitrogen and oxygen atoms in total. The minimum atomic E-state index is 0.0605. The Morgan fingerprint density at radius 1 is 1.08 bits per heavy atom. The van der Waals surface area contributed by atoms with E-state index in [1.165, 1.54) is 11.8 Å². The third kappa shape index (κ3) is 2.98. The monoisotopic (exact) mass is 351 g/mol. The van der Waals surface area contributed by atoms with Crippen molar-refractivity contribution in [2.75, 3.05) is 5.75 Å². The van der Waals surface area contributed by atoms with Gasteiger partial charge in [0.15, 0.2) is 11.6 Å². The first-order chi connectivity index (χ1) is 11.8. The van der Waals surface area contributed by atoms with Crippen molar-refractivity contribution in [1.29, 1.82) is 0 Å². The highest BCUT2D eigenvalue weighted by Crippen LogP contribution is 2.30. The molecule has 3 aromatic heterocycles. The van der Waals surface area contributed by atoms with Gasteiger partial charge in [0, 0.05) is 11.6 Å². The first kappa shape index (κ1) is 15.1. The van der Waals surface area contributed by atoms with E-state index in [2.05, 4.69) is 9.97 Å². The second-order valence-corrected chi connectivity index (χ2v) is 7.05. The fourth-order valence-electron chi connectivity index (χ4n) is 2.39. The summed E-state index contributed by atoms with van der Waals surface area (Å²) in [4.78, 5) is 25.6. The zero-order chi connectivity index (χ0) is 16.4. The summed E-state index contributed by atoms with van der Waals surface area (Å²) in [6.45, 7) is 0. The third-order valence-electron chi connectivity index (χ3n) is 3.55. The number of carbonyl (C=O) groups excluding carboxylic acids is 1. The number of nitrogens with one attached hydrogen (secondary N) is 1. The lowest BCUT2D eigenvalue weighted by Gasteiger charge is -2.07. The van der Waals surface area contributed by atoms with Crippen molar-refractivity contribution in [3.63, 3.8) is 0 Å². The smallest absolute Gasteiger partial charge is 0.189 e. The van der Waals surface area contributed by atoms with Crippen molar-refractivity contribution in [3.05, 3.63) is 65.8 Å². The molecule has 24 heavy (non-hydrogen) atoms. The van der Waals surface area contributed by atoms with Crippen LogP contribution in [0.4, 0.5) is 0 Å². The molecule has 6 heteroatoms. The zero-order valence-corrected chi connectivity index (χ0v) is 14.2. The Bertz CT molecular complexity index is 979. The number of H-pyrrole nitrogens is 1. The first-order valence-corrected chi connectivity index (χ1v) is 9.28. The van der Waals surface area contributed by atoms with Crippen molar-refractivity contribution in [2.45, 2.75) is 5.03 Å². The van der Waals surface area contributed by atoms with Crippen LogP contribution >= 0.6 is 23.1 Å². The molecule has 0 saturated heterocycles. The Labute approximate surface area is 147 Å². The van der Waals surface area contributed by atoms with E-state index in [9.17, 15) is 4.79 Å². The van der Waals surface area contributed by atoms with Crippen LogP contribution in [0, 0.1) is 0 Å². The standard InChI is InChI=1S/C18H13N3OS2/c22-15(14-7-3-9-19-14)11-24-18-12-5-1-2-6-13(12)20-17(21-18)16-8-4-10-23-16/h1-10,19H,11H2. The molecule has 1 aromatic carbocycles. The predicted octanol–water partition coefficient (Wildman–Crippen LogP) is 4.66. The van der Waals surface area contributed by atoms with Gasteiger partial charge in [-0.25, -0.2) is 9.97 Å². The van der Waals surface area contributed by atoms with Crippen molar-refractivity contribution < 1.29 is 4.79 Å². The van der Waals surface area contributed by atoms with Crippen LogP contribution in [-0.2, 0) is 0 Å². The molecule has 0 aliphatic carbocycles. The van der Waals surface area contributed by atoms with Crippen molar-refractivity contribution in [2.24, 2.45) is 0 Å². The van der Waals surface area contributed by atoms with Gasteiger partial charge in [-0.1, -0.05) is 36.0 Å². The molecular weight excluding hydrogens is 338 g/mol. The quantitative estimate of drug-likeness (QED) is 0.323. The number of ketones is 1. The molecule has 0 atom stereocenters. The number of benzene rings is 1. The van der Waals surface area contributed by atoms with Gasteiger partial charge in [0.2, 0.25) is 0 Å². The molecular formula is C18H13N3OS2. The molecule has 4 rings (SSSR count). The van der Waals surface area contributed by atoms with E-state index in [1.807, 2.05) is 47.8 Å². The SMILES string of the molecule is O=C(CSc1nc(-c2cccs2)nc2ccccc12)c1ccc[nH]1. The van der Waals surface area contributed by atoms with E-state index >= 15 is 0 Å². The van der Waals surface area contributed by atoms with E-state index in [0.717, 1.165) is 20.8 Å². The summed E-state index contributed by atoms with van der Waals surface area (Å²) in [5.41, 5.74) is 1.52. The lowest BCUT2D eigenvalue weighted by Crippen LogP contribution is -2.03. The Balaban J connectivity index is 1.69. The lowest BCUT2D eigenvalue weighted by molar-refractivity contribution is 0.101. The van der Waals surface area contributed by atoms with Gasteiger partial charge in [-0.15, -0.1) is 11.3 Å². The molecule has 0 aliphatic heterocycles. The number of nitrogens with zero attached hydrogens (tertiary/aromatic N) is 2. The summed E-state index contributed by atoms with van der Waals surface area (Å²) < 4.78 is 0. The van der Waals surface area contributed by atoms with Crippen molar-refractivity contribution >= 4 is 39.8 Å². The van der Waals surface area contributed by atoms with Gasteiger partial charge in [0.1, 0.15) is 5.03 Å². The van der Waals surface area contributed by atoms with Crippen molar-refractivity contribution in [3.8, 4) is 10.7 Å². The largest absolute Gasteiger partial charge is 0.359 e. The summed E-state index contributed by atoms with van der Waals surface area (Å²) in [5, 5.41) is 3.82. The third-order valence-corrected chi connectivity index (χ3v) is 5.41. The number of Topliss-reactive ketones (excluding diaryl/α,β-unsaturated/α-hetero) is 1. The molecule has 0 aliphatic rings. The van der Waals surface area contributed by atoms with Gasteiger partial charge in [-0.2, -0.15) is 0 Å². The minimum absolute atomic E-state index is 0.0605. The lowest BCUT2D eigenvalue weighted by atomic mass is 10.2. The molecule has 0 spiro atoms. The number of fused-ring (bicyclic) bond motifs is 1. The number of para-hydroxylation sites is 1. The van der Waals surface area contributed by atoms with Crippen LogP contribution < -0.4 is 0 Å². The van der Waals surface area contributed by atoms with Crippen LogP contribution in [0.3, 0.4) is 0 Å². The molecule has 3 heterocycles. The Morgan fingerprint density at radius 2 is 2.00 bits per heavy atom. The van der Waals surface area contributed by atoms with Crippen LogP contribution in [0.2, 0.25) is 0 Å². The van der Waals surface area contributed by atoms with Crippen LogP contribution in [0.5, 0.6) is 0 Å². The molecule has 4 aromatic rings. The summed E-state index contributed by atoms with van der Waals surface area (Å²) in [7, 11) is 0. The highest BCUT2D eigenvalue weighted by Gasteiger charge is 2.13. The Morgan fingerprint density at radius 3 is 2.79 bits per heavy atom.